The molecular weight excluding hydrogens is 220 g/mol. The molecule has 1 aromatic heterocycles. The van der Waals surface area contributed by atoms with Gasteiger partial charge in [-0.15, -0.1) is 0 Å². The summed E-state index contributed by atoms with van der Waals surface area (Å²) in [5.74, 6) is -0.0532. The number of halogens is 1. The number of rotatable bonds is 3. The van der Waals surface area contributed by atoms with E-state index in [1.807, 2.05) is 6.92 Å². The van der Waals surface area contributed by atoms with Crippen LogP contribution in [0.15, 0.2) is 16.7 Å². The van der Waals surface area contributed by atoms with Gasteiger partial charge >= 0.3 is 0 Å². The highest BCUT2D eigenvalue weighted by molar-refractivity contribution is 9.10. The van der Waals surface area contributed by atoms with E-state index >= 15 is 0 Å². The molecule has 0 unspecified atom stereocenters. The lowest BCUT2D eigenvalue weighted by Gasteiger charge is -1.99. The van der Waals surface area contributed by atoms with Crippen LogP contribution < -0.4 is 5.32 Å². The van der Waals surface area contributed by atoms with Crippen LogP contribution in [0, 0.1) is 0 Å². The lowest BCUT2D eigenvalue weighted by molar-refractivity contribution is 0.0949. The molecule has 12 heavy (non-hydrogen) atoms. The SMILES string of the molecule is CCCNC(=O)c1cc(Br)c[nH]1. The highest BCUT2D eigenvalue weighted by atomic mass is 79.9. The minimum Gasteiger partial charge on any atom is -0.356 e. The molecule has 0 aliphatic carbocycles. The maximum Gasteiger partial charge on any atom is 0.267 e. The summed E-state index contributed by atoms with van der Waals surface area (Å²) in [7, 11) is 0. The van der Waals surface area contributed by atoms with Gasteiger partial charge in [0, 0.05) is 17.2 Å². The number of aromatic amines is 1. The van der Waals surface area contributed by atoms with E-state index in [0.717, 1.165) is 17.4 Å². The average Bonchev–Trinajstić information content (AvgIpc) is 2.47. The molecule has 0 fully saturated rings. The van der Waals surface area contributed by atoms with E-state index in [1.165, 1.54) is 0 Å². The van der Waals surface area contributed by atoms with Gasteiger partial charge in [-0.2, -0.15) is 0 Å². The van der Waals surface area contributed by atoms with Gasteiger partial charge in [0.1, 0.15) is 5.69 Å². The number of aromatic nitrogens is 1. The van der Waals surface area contributed by atoms with Crippen LogP contribution in [-0.2, 0) is 0 Å². The zero-order chi connectivity index (χ0) is 8.97. The van der Waals surface area contributed by atoms with Crippen LogP contribution in [0.25, 0.3) is 0 Å². The Morgan fingerprint density at radius 2 is 2.50 bits per heavy atom. The standard InChI is InChI=1S/C8H11BrN2O/c1-2-3-10-8(12)7-4-6(9)5-11-7/h4-5,11H,2-3H2,1H3,(H,10,12). The predicted octanol–water partition coefficient (Wildman–Crippen LogP) is 1.92. The van der Waals surface area contributed by atoms with E-state index in [9.17, 15) is 4.79 Å². The monoisotopic (exact) mass is 230 g/mol. The first-order valence-electron chi connectivity index (χ1n) is 3.86. The number of amides is 1. The number of hydrogen-bond donors (Lipinski definition) is 2. The summed E-state index contributed by atoms with van der Waals surface area (Å²) in [4.78, 5) is 14.1. The van der Waals surface area contributed by atoms with Gasteiger partial charge in [-0.3, -0.25) is 4.79 Å². The van der Waals surface area contributed by atoms with Crippen LogP contribution in [0.1, 0.15) is 23.8 Å². The second-order valence-corrected chi connectivity index (χ2v) is 3.40. The molecule has 0 aromatic carbocycles. The molecule has 0 radical (unpaired) electrons. The van der Waals surface area contributed by atoms with Gasteiger partial charge in [0.05, 0.1) is 0 Å². The van der Waals surface area contributed by atoms with Crippen molar-refractivity contribution in [3.05, 3.63) is 22.4 Å². The molecular formula is C8H11BrN2O. The molecule has 3 nitrogen and oxygen atoms in total. The molecule has 0 spiro atoms. The molecule has 0 aliphatic heterocycles. The third kappa shape index (κ3) is 2.37. The van der Waals surface area contributed by atoms with E-state index < -0.39 is 0 Å². The highest BCUT2D eigenvalue weighted by Gasteiger charge is 2.05. The topological polar surface area (TPSA) is 44.9 Å². The number of hydrogen-bond acceptors (Lipinski definition) is 1. The van der Waals surface area contributed by atoms with Gasteiger partial charge in [0.2, 0.25) is 0 Å². The first-order chi connectivity index (χ1) is 5.74. The maximum absolute atomic E-state index is 11.3. The van der Waals surface area contributed by atoms with Crippen LogP contribution >= 0.6 is 15.9 Å². The average molecular weight is 231 g/mol. The van der Waals surface area contributed by atoms with Crippen molar-refractivity contribution in [2.75, 3.05) is 6.54 Å². The minimum absolute atomic E-state index is 0.0532. The zero-order valence-corrected chi connectivity index (χ0v) is 8.44. The Kier molecular flexibility index (Phi) is 3.34. The summed E-state index contributed by atoms with van der Waals surface area (Å²) in [6, 6.07) is 1.75. The van der Waals surface area contributed by atoms with E-state index in [2.05, 4.69) is 26.2 Å². The largest absolute Gasteiger partial charge is 0.356 e. The molecule has 1 aromatic rings. The van der Waals surface area contributed by atoms with Crippen LogP contribution in [-0.4, -0.2) is 17.4 Å². The molecule has 1 heterocycles. The lowest BCUT2D eigenvalue weighted by atomic mass is 10.4. The van der Waals surface area contributed by atoms with E-state index in [-0.39, 0.29) is 5.91 Å². The van der Waals surface area contributed by atoms with Crippen molar-refractivity contribution in [2.24, 2.45) is 0 Å². The smallest absolute Gasteiger partial charge is 0.267 e. The molecule has 0 saturated carbocycles. The zero-order valence-electron chi connectivity index (χ0n) is 6.86. The molecule has 0 aliphatic rings. The number of carbonyl (C=O) groups is 1. The van der Waals surface area contributed by atoms with Crippen molar-refractivity contribution in [2.45, 2.75) is 13.3 Å². The third-order valence-electron chi connectivity index (χ3n) is 1.43. The Morgan fingerprint density at radius 3 is 3.00 bits per heavy atom. The Labute approximate surface area is 79.7 Å². The van der Waals surface area contributed by atoms with Gasteiger partial charge in [-0.1, -0.05) is 6.92 Å². The van der Waals surface area contributed by atoms with Crippen LogP contribution in [0.3, 0.4) is 0 Å². The molecule has 4 heteroatoms. The fourth-order valence-corrected chi connectivity index (χ4v) is 1.18. The number of carbonyl (C=O) groups excluding carboxylic acids is 1. The Bertz CT molecular complexity index is 270. The summed E-state index contributed by atoms with van der Waals surface area (Å²) in [6.45, 7) is 2.74. The Balaban J connectivity index is 2.53. The maximum atomic E-state index is 11.3. The van der Waals surface area contributed by atoms with Gasteiger partial charge in [-0.05, 0) is 28.4 Å². The van der Waals surface area contributed by atoms with Crippen molar-refractivity contribution in [1.29, 1.82) is 0 Å². The summed E-state index contributed by atoms with van der Waals surface area (Å²) in [6.07, 6.45) is 2.69. The lowest BCUT2D eigenvalue weighted by Crippen LogP contribution is -2.24. The van der Waals surface area contributed by atoms with Crippen LogP contribution in [0.2, 0.25) is 0 Å². The molecule has 0 atom stereocenters. The first kappa shape index (κ1) is 9.32. The number of nitrogens with one attached hydrogen (secondary N) is 2. The highest BCUT2D eigenvalue weighted by Crippen LogP contribution is 2.09. The van der Waals surface area contributed by atoms with Crippen molar-refractivity contribution < 1.29 is 4.79 Å². The molecule has 0 bridgehead atoms. The Morgan fingerprint density at radius 1 is 1.75 bits per heavy atom. The predicted molar refractivity (Wildman–Crippen MR) is 51.1 cm³/mol. The second kappa shape index (κ2) is 4.30. The quantitative estimate of drug-likeness (QED) is 0.819. The molecule has 1 amide bonds. The molecule has 1 rings (SSSR count). The second-order valence-electron chi connectivity index (χ2n) is 2.49. The van der Waals surface area contributed by atoms with Crippen molar-refractivity contribution in [1.82, 2.24) is 10.3 Å². The fourth-order valence-electron chi connectivity index (χ4n) is 0.833. The summed E-state index contributed by atoms with van der Waals surface area (Å²) in [5.41, 5.74) is 0.593. The van der Waals surface area contributed by atoms with Crippen molar-refractivity contribution >= 4 is 21.8 Å². The van der Waals surface area contributed by atoms with Crippen molar-refractivity contribution in [3.8, 4) is 0 Å². The van der Waals surface area contributed by atoms with Gasteiger partial charge < -0.3 is 10.3 Å². The van der Waals surface area contributed by atoms with Gasteiger partial charge in [0.25, 0.3) is 5.91 Å². The number of H-pyrrole nitrogens is 1. The van der Waals surface area contributed by atoms with Gasteiger partial charge in [0.15, 0.2) is 0 Å². The molecule has 2 N–H and O–H groups in total. The molecule has 66 valence electrons. The van der Waals surface area contributed by atoms with Crippen LogP contribution in [0.4, 0.5) is 0 Å². The third-order valence-corrected chi connectivity index (χ3v) is 1.89. The summed E-state index contributed by atoms with van der Waals surface area (Å²) in [5, 5.41) is 2.77. The van der Waals surface area contributed by atoms with E-state index in [1.54, 1.807) is 12.3 Å². The van der Waals surface area contributed by atoms with E-state index in [0.29, 0.717) is 5.69 Å². The van der Waals surface area contributed by atoms with Crippen LogP contribution in [0.5, 0.6) is 0 Å². The summed E-state index contributed by atoms with van der Waals surface area (Å²) < 4.78 is 0.893. The minimum atomic E-state index is -0.0532. The fraction of sp³-hybridized carbons (Fsp3) is 0.375. The first-order valence-corrected chi connectivity index (χ1v) is 4.65. The normalized spacial score (nSPS) is 9.83. The van der Waals surface area contributed by atoms with Gasteiger partial charge in [-0.25, -0.2) is 0 Å². The van der Waals surface area contributed by atoms with Crippen molar-refractivity contribution in [3.63, 3.8) is 0 Å². The van der Waals surface area contributed by atoms with E-state index in [4.69, 9.17) is 0 Å². The molecule has 0 saturated heterocycles. The Hall–Kier alpha value is -0.770. The summed E-state index contributed by atoms with van der Waals surface area (Å²) >= 11 is 3.26.